The van der Waals surface area contributed by atoms with E-state index in [0.717, 1.165) is 18.2 Å². The summed E-state index contributed by atoms with van der Waals surface area (Å²) in [5, 5.41) is 10.8. The first-order valence-electron chi connectivity index (χ1n) is 6.92. The molecular formula is C15H13NO8S2. The molecule has 0 aliphatic carbocycles. The molecule has 0 fully saturated rings. The van der Waals surface area contributed by atoms with E-state index in [2.05, 4.69) is 0 Å². The SMILES string of the molecule is Cc1ccc(/C=C/c2ccc([N+](=O)[O-])cc2S(=O)(=O)O)c(S(=O)(=O)O)c1. The zero-order valence-electron chi connectivity index (χ0n) is 13.2. The minimum absolute atomic E-state index is 0.0674. The van der Waals surface area contributed by atoms with Gasteiger partial charge in [0.2, 0.25) is 0 Å². The standard InChI is InChI=1S/C15H13NO8S2/c1-10-2-3-11(14(8-10)25(19,20)21)4-5-12-6-7-13(16(17)18)9-15(12)26(22,23)24/h2-9H,1H3,(H,19,20,21)(H,22,23,24)/b5-4+. The number of nitro groups is 1. The molecule has 0 radical (unpaired) electrons. The fourth-order valence-corrected chi connectivity index (χ4v) is 3.65. The first-order chi connectivity index (χ1) is 11.9. The van der Waals surface area contributed by atoms with Gasteiger partial charge in [0.25, 0.3) is 25.9 Å². The number of non-ortho nitro benzene ring substituents is 1. The molecule has 2 aromatic carbocycles. The number of nitro benzene ring substituents is 1. The van der Waals surface area contributed by atoms with E-state index in [1.54, 1.807) is 13.0 Å². The van der Waals surface area contributed by atoms with E-state index >= 15 is 0 Å². The predicted molar refractivity (Wildman–Crippen MR) is 92.8 cm³/mol. The van der Waals surface area contributed by atoms with Crippen LogP contribution in [0.25, 0.3) is 12.2 Å². The molecular weight excluding hydrogens is 386 g/mol. The molecule has 0 atom stereocenters. The van der Waals surface area contributed by atoms with E-state index in [9.17, 15) is 36.1 Å². The second kappa shape index (κ2) is 6.96. The second-order valence-corrected chi connectivity index (χ2v) is 8.08. The molecule has 2 rings (SSSR count). The Morgan fingerprint density at radius 3 is 1.81 bits per heavy atom. The van der Waals surface area contributed by atoms with E-state index < -0.39 is 35.7 Å². The monoisotopic (exact) mass is 399 g/mol. The number of aryl methyl sites for hydroxylation is 1. The van der Waals surface area contributed by atoms with Gasteiger partial charge in [0.1, 0.15) is 9.79 Å². The van der Waals surface area contributed by atoms with Crippen LogP contribution in [0.3, 0.4) is 0 Å². The third-order valence-corrected chi connectivity index (χ3v) is 5.19. The summed E-state index contributed by atoms with van der Waals surface area (Å²) in [6.07, 6.45) is 2.37. The lowest BCUT2D eigenvalue weighted by Crippen LogP contribution is -2.03. The van der Waals surface area contributed by atoms with Crippen molar-refractivity contribution in [3.05, 3.63) is 63.2 Å². The van der Waals surface area contributed by atoms with Gasteiger partial charge in [0.05, 0.1) is 4.92 Å². The van der Waals surface area contributed by atoms with E-state index in [0.29, 0.717) is 11.6 Å². The third kappa shape index (κ3) is 4.52. The van der Waals surface area contributed by atoms with Crippen LogP contribution in [-0.4, -0.2) is 30.9 Å². The second-order valence-electron chi connectivity index (χ2n) is 5.30. The van der Waals surface area contributed by atoms with Gasteiger partial charge in [0.15, 0.2) is 0 Å². The molecule has 0 bridgehead atoms. The van der Waals surface area contributed by atoms with Crippen LogP contribution in [0.4, 0.5) is 5.69 Å². The molecule has 0 saturated carbocycles. The van der Waals surface area contributed by atoms with Crippen LogP contribution in [-0.2, 0) is 20.2 Å². The van der Waals surface area contributed by atoms with Crippen LogP contribution in [0.1, 0.15) is 16.7 Å². The molecule has 138 valence electrons. The fourth-order valence-electron chi connectivity index (χ4n) is 2.18. The zero-order valence-corrected chi connectivity index (χ0v) is 14.9. The fraction of sp³-hybridized carbons (Fsp3) is 0.0667. The molecule has 0 aliphatic rings. The lowest BCUT2D eigenvalue weighted by molar-refractivity contribution is -0.385. The number of hydrogen-bond acceptors (Lipinski definition) is 6. The smallest absolute Gasteiger partial charge is 0.282 e. The quantitative estimate of drug-likeness (QED) is 0.337. The molecule has 0 unspecified atom stereocenters. The van der Waals surface area contributed by atoms with Crippen molar-refractivity contribution in [2.45, 2.75) is 16.7 Å². The molecule has 0 spiro atoms. The summed E-state index contributed by atoms with van der Waals surface area (Å²) in [6, 6.07) is 7.02. The van der Waals surface area contributed by atoms with Crippen molar-refractivity contribution in [2.75, 3.05) is 0 Å². The maximum absolute atomic E-state index is 11.5. The van der Waals surface area contributed by atoms with E-state index in [1.165, 1.54) is 18.2 Å². The Bertz CT molecular complexity index is 1120. The first-order valence-corrected chi connectivity index (χ1v) is 9.80. The Morgan fingerprint density at radius 1 is 0.885 bits per heavy atom. The number of benzene rings is 2. The average Bonchev–Trinajstić information content (AvgIpc) is 2.51. The molecule has 11 heteroatoms. The van der Waals surface area contributed by atoms with Crippen molar-refractivity contribution in [1.82, 2.24) is 0 Å². The summed E-state index contributed by atoms with van der Waals surface area (Å²) >= 11 is 0. The van der Waals surface area contributed by atoms with Crippen molar-refractivity contribution in [3.8, 4) is 0 Å². The highest BCUT2D eigenvalue weighted by Crippen LogP contribution is 2.25. The molecule has 0 amide bonds. The Kier molecular flexibility index (Phi) is 5.28. The lowest BCUT2D eigenvalue weighted by atomic mass is 10.1. The van der Waals surface area contributed by atoms with Crippen LogP contribution in [0.15, 0.2) is 46.2 Å². The lowest BCUT2D eigenvalue weighted by Gasteiger charge is -2.06. The van der Waals surface area contributed by atoms with Crippen molar-refractivity contribution in [1.29, 1.82) is 0 Å². The molecule has 9 nitrogen and oxygen atoms in total. The highest BCUT2D eigenvalue weighted by Gasteiger charge is 2.19. The predicted octanol–water partition coefficient (Wildman–Crippen LogP) is 2.57. The Labute approximate surface area is 149 Å². The topological polar surface area (TPSA) is 152 Å². The van der Waals surface area contributed by atoms with Crippen molar-refractivity contribution in [3.63, 3.8) is 0 Å². The van der Waals surface area contributed by atoms with Gasteiger partial charge < -0.3 is 0 Å². The summed E-state index contributed by atoms with van der Waals surface area (Å²) in [6.45, 7) is 1.62. The zero-order chi connectivity index (χ0) is 19.7. The molecule has 26 heavy (non-hydrogen) atoms. The number of hydrogen-bond donors (Lipinski definition) is 2. The third-order valence-electron chi connectivity index (χ3n) is 3.38. The molecule has 0 aromatic heterocycles. The summed E-state index contributed by atoms with van der Waals surface area (Å²) in [5.74, 6) is 0. The van der Waals surface area contributed by atoms with E-state index in [1.807, 2.05) is 0 Å². The van der Waals surface area contributed by atoms with Gasteiger partial charge in [-0.3, -0.25) is 19.2 Å². The van der Waals surface area contributed by atoms with Crippen molar-refractivity contribution in [2.24, 2.45) is 0 Å². The van der Waals surface area contributed by atoms with Gasteiger partial charge in [-0.15, -0.1) is 0 Å². The molecule has 0 heterocycles. The van der Waals surface area contributed by atoms with Crippen LogP contribution < -0.4 is 0 Å². The van der Waals surface area contributed by atoms with Gasteiger partial charge in [0, 0.05) is 12.1 Å². The van der Waals surface area contributed by atoms with Gasteiger partial charge in [-0.05, 0) is 35.7 Å². The molecule has 0 aliphatic heterocycles. The Hall–Kier alpha value is -2.60. The summed E-state index contributed by atoms with van der Waals surface area (Å²) < 4.78 is 64.5. The van der Waals surface area contributed by atoms with E-state index in [4.69, 9.17) is 0 Å². The van der Waals surface area contributed by atoms with Crippen LogP contribution in [0.2, 0.25) is 0 Å². The summed E-state index contributed by atoms with van der Waals surface area (Å²) in [5.41, 5.74) is 0.00479. The highest BCUT2D eigenvalue weighted by atomic mass is 32.2. The summed E-state index contributed by atoms with van der Waals surface area (Å²) in [7, 11) is -9.29. The highest BCUT2D eigenvalue weighted by molar-refractivity contribution is 7.86. The average molecular weight is 399 g/mol. The summed E-state index contributed by atoms with van der Waals surface area (Å²) in [4.78, 5) is 8.86. The maximum atomic E-state index is 11.5. The van der Waals surface area contributed by atoms with Crippen LogP contribution in [0.5, 0.6) is 0 Å². The van der Waals surface area contributed by atoms with Crippen LogP contribution in [0, 0.1) is 17.0 Å². The molecule has 2 aromatic rings. The molecule has 0 saturated heterocycles. The van der Waals surface area contributed by atoms with Gasteiger partial charge in [-0.2, -0.15) is 16.8 Å². The van der Waals surface area contributed by atoms with Crippen LogP contribution >= 0.6 is 0 Å². The van der Waals surface area contributed by atoms with Crippen molar-refractivity contribution >= 4 is 38.1 Å². The minimum atomic E-state index is -4.76. The first kappa shape index (κ1) is 19.7. The Morgan fingerprint density at radius 2 is 1.35 bits per heavy atom. The van der Waals surface area contributed by atoms with Gasteiger partial charge in [-0.25, -0.2) is 0 Å². The maximum Gasteiger partial charge on any atom is 0.295 e. The normalized spacial score (nSPS) is 12.4. The minimum Gasteiger partial charge on any atom is -0.282 e. The Balaban J connectivity index is 2.61. The van der Waals surface area contributed by atoms with E-state index in [-0.39, 0.29) is 16.0 Å². The molecule has 2 N–H and O–H groups in total. The van der Waals surface area contributed by atoms with Gasteiger partial charge in [-0.1, -0.05) is 24.3 Å². The number of rotatable bonds is 5. The van der Waals surface area contributed by atoms with Gasteiger partial charge >= 0.3 is 0 Å². The number of nitrogens with zero attached hydrogens (tertiary/aromatic N) is 1. The van der Waals surface area contributed by atoms with Crippen molar-refractivity contribution < 1.29 is 30.9 Å². The largest absolute Gasteiger partial charge is 0.295 e.